The van der Waals surface area contributed by atoms with Gasteiger partial charge in [0.1, 0.15) is 0 Å². The van der Waals surface area contributed by atoms with Crippen LogP contribution in [0.15, 0.2) is 88.2 Å². The largest absolute Gasteiger partial charge is 0.280 e. The minimum atomic E-state index is -3.58. The van der Waals surface area contributed by atoms with E-state index in [1.807, 2.05) is 42.5 Å². The fraction of sp³-hybridized carbons (Fsp3) is 0. The predicted octanol–water partition coefficient (Wildman–Crippen LogP) is 4.92. The van der Waals surface area contributed by atoms with Gasteiger partial charge in [-0.2, -0.15) is 0 Å². The van der Waals surface area contributed by atoms with Crippen molar-refractivity contribution in [1.82, 2.24) is 0 Å². The SMILES string of the molecule is O=S(=O)(Nc1ccccc1)c1ccc(-c2ccc(Br)cc2)cc1. The molecule has 0 bridgehead atoms. The Balaban J connectivity index is 1.85. The van der Waals surface area contributed by atoms with Crippen molar-refractivity contribution in [2.45, 2.75) is 4.90 Å². The van der Waals surface area contributed by atoms with Gasteiger partial charge in [-0.3, -0.25) is 4.72 Å². The number of nitrogens with one attached hydrogen (secondary N) is 1. The normalized spacial score (nSPS) is 11.2. The predicted molar refractivity (Wildman–Crippen MR) is 96.8 cm³/mol. The zero-order valence-electron chi connectivity index (χ0n) is 12.1. The van der Waals surface area contributed by atoms with Crippen LogP contribution in [0.3, 0.4) is 0 Å². The molecule has 0 saturated carbocycles. The number of benzene rings is 3. The first-order valence-electron chi connectivity index (χ1n) is 6.98. The summed E-state index contributed by atoms with van der Waals surface area (Å²) in [6.07, 6.45) is 0. The van der Waals surface area contributed by atoms with Crippen molar-refractivity contribution in [2.24, 2.45) is 0 Å². The van der Waals surface area contributed by atoms with E-state index in [2.05, 4.69) is 20.7 Å². The molecule has 0 heterocycles. The summed E-state index contributed by atoms with van der Waals surface area (Å²) < 4.78 is 28.3. The number of halogens is 1. The molecule has 0 spiro atoms. The zero-order valence-corrected chi connectivity index (χ0v) is 14.5. The van der Waals surface area contributed by atoms with Gasteiger partial charge in [-0.05, 0) is 47.5 Å². The van der Waals surface area contributed by atoms with Crippen LogP contribution >= 0.6 is 15.9 Å². The van der Waals surface area contributed by atoms with Crippen LogP contribution in [0, 0.1) is 0 Å². The fourth-order valence-electron chi connectivity index (χ4n) is 2.19. The fourth-order valence-corrected chi connectivity index (χ4v) is 3.51. The molecule has 1 N–H and O–H groups in total. The molecule has 3 nitrogen and oxygen atoms in total. The van der Waals surface area contributed by atoms with Gasteiger partial charge < -0.3 is 0 Å². The first-order chi connectivity index (χ1) is 11.0. The first-order valence-corrected chi connectivity index (χ1v) is 9.26. The molecule has 0 fully saturated rings. The molecule has 23 heavy (non-hydrogen) atoms. The van der Waals surface area contributed by atoms with Crippen LogP contribution in [0.25, 0.3) is 11.1 Å². The summed E-state index contributed by atoms with van der Waals surface area (Å²) in [5.41, 5.74) is 2.55. The van der Waals surface area contributed by atoms with Gasteiger partial charge in [-0.1, -0.05) is 58.4 Å². The smallest absolute Gasteiger partial charge is 0.261 e. The highest BCUT2D eigenvalue weighted by molar-refractivity contribution is 9.10. The third kappa shape index (κ3) is 3.81. The van der Waals surface area contributed by atoms with Crippen molar-refractivity contribution in [3.8, 4) is 11.1 Å². The van der Waals surface area contributed by atoms with Crippen LogP contribution < -0.4 is 4.72 Å². The molecule has 0 aliphatic heterocycles. The maximum Gasteiger partial charge on any atom is 0.261 e. The van der Waals surface area contributed by atoms with Crippen molar-refractivity contribution < 1.29 is 8.42 Å². The molecule has 3 rings (SSSR count). The second-order valence-corrected chi connectivity index (χ2v) is 7.60. The third-order valence-electron chi connectivity index (χ3n) is 3.37. The lowest BCUT2D eigenvalue weighted by atomic mass is 10.1. The molecule has 0 amide bonds. The van der Waals surface area contributed by atoms with E-state index in [1.165, 1.54) is 0 Å². The highest BCUT2D eigenvalue weighted by Gasteiger charge is 2.13. The molecule has 0 aromatic heterocycles. The number of hydrogen-bond donors (Lipinski definition) is 1. The summed E-state index contributed by atoms with van der Waals surface area (Å²) in [5, 5.41) is 0. The highest BCUT2D eigenvalue weighted by atomic mass is 79.9. The minimum Gasteiger partial charge on any atom is -0.280 e. The first kappa shape index (κ1) is 15.8. The number of anilines is 1. The highest BCUT2D eigenvalue weighted by Crippen LogP contribution is 2.24. The Morgan fingerprint density at radius 3 is 1.78 bits per heavy atom. The lowest BCUT2D eigenvalue weighted by Crippen LogP contribution is -2.12. The van der Waals surface area contributed by atoms with E-state index in [-0.39, 0.29) is 4.90 Å². The van der Waals surface area contributed by atoms with Gasteiger partial charge in [0.05, 0.1) is 4.90 Å². The summed E-state index contributed by atoms with van der Waals surface area (Å²) in [6.45, 7) is 0. The average Bonchev–Trinajstić information content (AvgIpc) is 2.56. The molecular formula is C18H14BrNO2S. The molecule has 3 aromatic rings. The molecule has 5 heteroatoms. The molecule has 0 unspecified atom stereocenters. The molecule has 3 aromatic carbocycles. The minimum absolute atomic E-state index is 0.238. The van der Waals surface area contributed by atoms with Gasteiger partial charge >= 0.3 is 0 Å². The van der Waals surface area contributed by atoms with Gasteiger partial charge in [0.2, 0.25) is 0 Å². The number of sulfonamides is 1. The quantitative estimate of drug-likeness (QED) is 0.690. The lowest BCUT2D eigenvalue weighted by molar-refractivity contribution is 0.601. The Kier molecular flexibility index (Phi) is 4.50. The van der Waals surface area contributed by atoms with E-state index in [0.717, 1.165) is 15.6 Å². The maximum atomic E-state index is 12.4. The number of hydrogen-bond acceptors (Lipinski definition) is 2. The van der Waals surface area contributed by atoms with E-state index in [1.54, 1.807) is 36.4 Å². The maximum absolute atomic E-state index is 12.4. The van der Waals surface area contributed by atoms with Crippen LogP contribution in [0.1, 0.15) is 0 Å². The Bertz CT molecular complexity index is 890. The standard InChI is InChI=1S/C18H14BrNO2S/c19-16-10-6-14(7-11-16)15-8-12-18(13-9-15)23(21,22)20-17-4-2-1-3-5-17/h1-13,20H. The van der Waals surface area contributed by atoms with Crippen molar-refractivity contribution in [2.75, 3.05) is 4.72 Å². The van der Waals surface area contributed by atoms with Crippen LogP contribution in [0.2, 0.25) is 0 Å². The van der Waals surface area contributed by atoms with Crippen LogP contribution in [0.4, 0.5) is 5.69 Å². The van der Waals surface area contributed by atoms with E-state index >= 15 is 0 Å². The van der Waals surface area contributed by atoms with Crippen molar-refractivity contribution in [1.29, 1.82) is 0 Å². The second-order valence-electron chi connectivity index (χ2n) is 5.00. The van der Waals surface area contributed by atoms with E-state index in [9.17, 15) is 8.42 Å². The Morgan fingerprint density at radius 2 is 1.22 bits per heavy atom. The molecule has 0 aliphatic rings. The summed E-state index contributed by atoms with van der Waals surface area (Å²) in [4.78, 5) is 0.238. The van der Waals surface area contributed by atoms with Crippen molar-refractivity contribution >= 4 is 31.6 Å². The molecule has 0 atom stereocenters. The molecule has 116 valence electrons. The summed E-state index contributed by atoms with van der Waals surface area (Å²) in [6, 6.07) is 23.6. The average molecular weight is 388 g/mol. The molecule has 0 radical (unpaired) electrons. The van der Waals surface area contributed by atoms with Gasteiger partial charge in [-0.25, -0.2) is 8.42 Å². The van der Waals surface area contributed by atoms with E-state index < -0.39 is 10.0 Å². The molecule has 0 aliphatic carbocycles. The number of para-hydroxylation sites is 1. The monoisotopic (exact) mass is 387 g/mol. The molecular weight excluding hydrogens is 374 g/mol. The van der Waals surface area contributed by atoms with Gasteiger partial charge in [0.25, 0.3) is 10.0 Å². The van der Waals surface area contributed by atoms with Crippen LogP contribution in [-0.2, 0) is 10.0 Å². The van der Waals surface area contributed by atoms with Gasteiger partial charge in [0, 0.05) is 10.2 Å². The lowest BCUT2D eigenvalue weighted by Gasteiger charge is -2.09. The summed E-state index contributed by atoms with van der Waals surface area (Å²) in [5.74, 6) is 0. The number of rotatable bonds is 4. The summed E-state index contributed by atoms with van der Waals surface area (Å²) in [7, 11) is -3.58. The third-order valence-corrected chi connectivity index (χ3v) is 5.29. The summed E-state index contributed by atoms with van der Waals surface area (Å²) >= 11 is 3.40. The Hall–Kier alpha value is -2.11. The van der Waals surface area contributed by atoms with Gasteiger partial charge in [0.15, 0.2) is 0 Å². The Morgan fingerprint density at radius 1 is 0.696 bits per heavy atom. The van der Waals surface area contributed by atoms with Crippen molar-refractivity contribution in [3.05, 3.63) is 83.3 Å². The van der Waals surface area contributed by atoms with E-state index in [0.29, 0.717) is 5.69 Å². The van der Waals surface area contributed by atoms with Gasteiger partial charge in [-0.15, -0.1) is 0 Å². The van der Waals surface area contributed by atoms with Crippen molar-refractivity contribution in [3.63, 3.8) is 0 Å². The second kappa shape index (κ2) is 6.56. The van der Waals surface area contributed by atoms with E-state index in [4.69, 9.17) is 0 Å². The van der Waals surface area contributed by atoms with Crippen LogP contribution in [0.5, 0.6) is 0 Å². The Labute approximate surface area is 144 Å². The topological polar surface area (TPSA) is 46.2 Å². The van der Waals surface area contributed by atoms with Crippen LogP contribution in [-0.4, -0.2) is 8.42 Å². The zero-order chi connectivity index (χ0) is 16.3. The molecule has 0 saturated heterocycles.